The summed E-state index contributed by atoms with van der Waals surface area (Å²) in [6.07, 6.45) is 4.45. The van der Waals surface area contributed by atoms with E-state index in [9.17, 15) is 4.79 Å². The molecule has 4 rings (SSSR count). The van der Waals surface area contributed by atoms with Gasteiger partial charge in [-0.3, -0.25) is 4.79 Å². The molecule has 0 aliphatic carbocycles. The summed E-state index contributed by atoms with van der Waals surface area (Å²) in [5, 5.41) is 1.13. The van der Waals surface area contributed by atoms with Crippen LogP contribution in [-0.4, -0.2) is 70.3 Å². The Balaban J connectivity index is 1.28. The maximum atomic E-state index is 13.0. The number of amides is 1. The number of hydrogen-bond donors (Lipinski definition) is 0. The molecular formula is C26H32N2O5. The quantitative estimate of drug-likeness (QED) is 0.463. The molecule has 0 unspecified atom stereocenters. The lowest BCUT2D eigenvalue weighted by Gasteiger charge is -2.30. The zero-order valence-corrected chi connectivity index (χ0v) is 19.8. The molecule has 7 nitrogen and oxygen atoms in total. The number of methoxy groups -OCH3 is 3. The van der Waals surface area contributed by atoms with Gasteiger partial charge in [0.1, 0.15) is 11.3 Å². The number of nitrogens with zero attached hydrogens (tertiary/aromatic N) is 2. The third-order valence-electron chi connectivity index (χ3n) is 6.39. The molecule has 33 heavy (non-hydrogen) atoms. The smallest absolute Gasteiger partial charge is 0.254 e. The first-order valence-electron chi connectivity index (χ1n) is 11.3. The molecule has 0 saturated carbocycles. The first-order valence-corrected chi connectivity index (χ1v) is 11.3. The summed E-state index contributed by atoms with van der Waals surface area (Å²) in [6, 6.07) is 9.59. The summed E-state index contributed by atoms with van der Waals surface area (Å²) in [7, 11) is 7.01. The van der Waals surface area contributed by atoms with Gasteiger partial charge in [0.2, 0.25) is 0 Å². The molecule has 0 spiro atoms. The van der Waals surface area contributed by atoms with Crippen molar-refractivity contribution in [1.29, 1.82) is 0 Å². The van der Waals surface area contributed by atoms with Gasteiger partial charge in [-0.15, -0.1) is 0 Å². The highest BCUT2D eigenvalue weighted by molar-refractivity contribution is 5.98. The van der Waals surface area contributed by atoms with Crippen LogP contribution in [0.2, 0.25) is 0 Å². The number of likely N-dealkylation sites (N-methyl/N-ethyl adjacent to an activating group) is 1. The van der Waals surface area contributed by atoms with Gasteiger partial charge in [0.05, 0.1) is 27.6 Å². The highest BCUT2D eigenvalue weighted by atomic mass is 16.5. The largest absolute Gasteiger partial charge is 0.497 e. The van der Waals surface area contributed by atoms with E-state index in [1.165, 1.54) is 5.56 Å². The molecule has 7 heteroatoms. The van der Waals surface area contributed by atoms with E-state index in [1.807, 2.05) is 35.4 Å². The van der Waals surface area contributed by atoms with E-state index in [0.717, 1.165) is 66.7 Å². The van der Waals surface area contributed by atoms with E-state index in [-0.39, 0.29) is 5.91 Å². The third kappa shape index (κ3) is 4.78. The molecule has 2 aromatic carbocycles. The molecule has 0 saturated heterocycles. The zero-order chi connectivity index (χ0) is 23.4. The van der Waals surface area contributed by atoms with E-state index >= 15 is 0 Å². The Labute approximate surface area is 194 Å². The van der Waals surface area contributed by atoms with Crippen LogP contribution in [-0.2, 0) is 12.8 Å². The lowest BCUT2D eigenvalue weighted by atomic mass is 9.97. The van der Waals surface area contributed by atoms with Gasteiger partial charge < -0.3 is 28.4 Å². The van der Waals surface area contributed by atoms with Crippen LogP contribution in [0, 0.1) is 0 Å². The first kappa shape index (κ1) is 23.0. The van der Waals surface area contributed by atoms with Crippen molar-refractivity contribution in [2.75, 3.05) is 54.6 Å². The van der Waals surface area contributed by atoms with E-state index in [1.54, 1.807) is 21.3 Å². The minimum atomic E-state index is 0.0696. The van der Waals surface area contributed by atoms with Gasteiger partial charge in [0, 0.05) is 42.2 Å². The molecule has 0 radical (unpaired) electrons. The minimum absolute atomic E-state index is 0.0696. The Morgan fingerprint density at radius 1 is 1.06 bits per heavy atom. The van der Waals surface area contributed by atoms with Gasteiger partial charge in [-0.05, 0) is 62.7 Å². The number of ether oxygens (including phenoxy) is 3. The number of carbonyl (C=O) groups is 1. The minimum Gasteiger partial charge on any atom is -0.497 e. The van der Waals surface area contributed by atoms with Crippen molar-refractivity contribution >= 4 is 16.9 Å². The summed E-state index contributed by atoms with van der Waals surface area (Å²) in [4.78, 5) is 17.3. The van der Waals surface area contributed by atoms with E-state index in [0.29, 0.717) is 18.0 Å². The van der Waals surface area contributed by atoms with Crippen LogP contribution < -0.4 is 14.2 Å². The van der Waals surface area contributed by atoms with Gasteiger partial charge in [0.25, 0.3) is 5.91 Å². The fraction of sp³-hybridized carbons (Fsp3) is 0.423. The molecule has 0 atom stereocenters. The number of hydrogen-bond acceptors (Lipinski definition) is 6. The molecule has 176 valence electrons. The van der Waals surface area contributed by atoms with Crippen molar-refractivity contribution in [2.24, 2.45) is 0 Å². The summed E-state index contributed by atoms with van der Waals surface area (Å²) in [6.45, 7) is 3.29. The molecule has 1 aromatic heterocycles. The highest BCUT2D eigenvalue weighted by Crippen LogP contribution is 2.36. The molecule has 0 fully saturated rings. The number of carbonyl (C=O) groups excluding carboxylic acids is 1. The third-order valence-corrected chi connectivity index (χ3v) is 6.39. The zero-order valence-electron chi connectivity index (χ0n) is 19.8. The summed E-state index contributed by atoms with van der Waals surface area (Å²) < 4.78 is 21.8. The summed E-state index contributed by atoms with van der Waals surface area (Å²) in [5.74, 6) is 2.21. The van der Waals surface area contributed by atoms with Crippen LogP contribution in [0.4, 0.5) is 0 Å². The SMILES string of the molecule is COc1ccc2c(CCN(C)CCCN3CCc4c(ccc(OC)c4OC)C3=O)coc2c1. The maximum Gasteiger partial charge on any atom is 0.254 e. The Morgan fingerprint density at radius 2 is 1.91 bits per heavy atom. The second-order valence-corrected chi connectivity index (χ2v) is 8.40. The van der Waals surface area contributed by atoms with Crippen LogP contribution in [0.3, 0.4) is 0 Å². The standard InChI is InChI=1S/C26H32N2O5/c1-27(14-10-18-17-33-24-16-19(30-2)6-7-20(18)24)12-5-13-28-15-11-21-22(26(28)29)8-9-23(31-3)25(21)32-4/h6-9,16-17H,5,10-15H2,1-4H3. The highest BCUT2D eigenvalue weighted by Gasteiger charge is 2.28. The van der Waals surface area contributed by atoms with E-state index < -0.39 is 0 Å². The van der Waals surface area contributed by atoms with Crippen molar-refractivity contribution in [3.05, 3.63) is 53.3 Å². The first-order chi connectivity index (χ1) is 16.0. The van der Waals surface area contributed by atoms with Crippen LogP contribution in [0.25, 0.3) is 11.0 Å². The summed E-state index contributed by atoms with van der Waals surface area (Å²) >= 11 is 0. The van der Waals surface area contributed by atoms with Gasteiger partial charge in [-0.2, -0.15) is 0 Å². The van der Waals surface area contributed by atoms with Gasteiger partial charge >= 0.3 is 0 Å². The average Bonchev–Trinajstić information content (AvgIpc) is 3.25. The Kier molecular flexibility index (Phi) is 7.08. The van der Waals surface area contributed by atoms with Crippen LogP contribution in [0.5, 0.6) is 17.2 Å². The van der Waals surface area contributed by atoms with Crippen molar-refractivity contribution in [2.45, 2.75) is 19.3 Å². The van der Waals surface area contributed by atoms with Crippen molar-refractivity contribution in [1.82, 2.24) is 9.80 Å². The molecule has 3 aromatic rings. The van der Waals surface area contributed by atoms with Gasteiger partial charge in [0.15, 0.2) is 11.5 Å². The predicted octanol–water partition coefficient (Wildman–Crippen LogP) is 4.02. The fourth-order valence-electron chi connectivity index (χ4n) is 4.51. The molecule has 1 amide bonds. The van der Waals surface area contributed by atoms with Gasteiger partial charge in [-0.1, -0.05) is 0 Å². The Hall–Kier alpha value is -3.19. The topological polar surface area (TPSA) is 64.4 Å². The summed E-state index contributed by atoms with van der Waals surface area (Å²) in [5.41, 5.74) is 3.72. The Bertz CT molecular complexity index is 1120. The molecule has 1 aliphatic rings. The van der Waals surface area contributed by atoms with Crippen molar-refractivity contribution < 1.29 is 23.4 Å². The molecular weight excluding hydrogens is 420 g/mol. The second-order valence-electron chi connectivity index (χ2n) is 8.40. The normalized spacial score (nSPS) is 13.5. The predicted molar refractivity (Wildman–Crippen MR) is 128 cm³/mol. The molecule has 0 N–H and O–H groups in total. The molecule has 1 aliphatic heterocycles. The Morgan fingerprint density at radius 3 is 2.67 bits per heavy atom. The lowest BCUT2D eigenvalue weighted by molar-refractivity contribution is 0.0731. The second kappa shape index (κ2) is 10.2. The average molecular weight is 453 g/mol. The van der Waals surface area contributed by atoms with Crippen LogP contribution >= 0.6 is 0 Å². The van der Waals surface area contributed by atoms with Crippen LogP contribution in [0.1, 0.15) is 27.9 Å². The monoisotopic (exact) mass is 452 g/mol. The lowest BCUT2D eigenvalue weighted by Crippen LogP contribution is -2.39. The number of furan rings is 1. The van der Waals surface area contributed by atoms with Gasteiger partial charge in [-0.25, -0.2) is 0 Å². The number of fused-ring (bicyclic) bond motifs is 2. The molecule has 2 heterocycles. The molecule has 0 bridgehead atoms. The van der Waals surface area contributed by atoms with Crippen molar-refractivity contribution in [3.63, 3.8) is 0 Å². The van der Waals surface area contributed by atoms with E-state index in [4.69, 9.17) is 18.6 Å². The van der Waals surface area contributed by atoms with Crippen LogP contribution in [0.15, 0.2) is 41.0 Å². The maximum absolute atomic E-state index is 13.0. The number of rotatable bonds is 10. The van der Waals surface area contributed by atoms with E-state index in [2.05, 4.69) is 18.0 Å². The van der Waals surface area contributed by atoms with Crippen molar-refractivity contribution in [3.8, 4) is 17.2 Å². The number of benzene rings is 2. The fourth-order valence-corrected chi connectivity index (χ4v) is 4.51.